The maximum absolute atomic E-state index is 5.76. The average molecular weight is 277 g/mol. The van der Waals surface area contributed by atoms with E-state index in [1.54, 1.807) is 0 Å². The van der Waals surface area contributed by atoms with Crippen LogP contribution in [0.25, 0.3) is 0 Å². The lowest BCUT2D eigenvalue weighted by Crippen LogP contribution is -2.29. The molecule has 0 spiro atoms. The van der Waals surface area contributed by atoms with Crippen molar-refractivity contribution in [2.45, 2.75) is 58.5 Å². The third-order valence-corrected chi connectivity index (χ3v) is 4.49. The van der Waals surface area contributed by atoms with Crippen molar-refractivity contribution >= 4 is 0 Å². The van der Waals surface area contributed by atoms with Crippen molar-refractivity contribution in [3.63, 3.8) is 0 Å². The number of nitrogens with one attached hydrogen (secondary N) is 1. The Balaban J connectivity index is 1.97. The molecule has 1 aromatic heterocycles. The largest absolute Gasteiger partial charge is 0.380 e. The molecule has 1 aliphatic carbocycles. The normalized spacial score (nSPS) is 20.2. The van der Waals surface area contributed by atoms with Crippen LogP contribution in [0, 0.1) is 5.92 Å². The molecule has 4 nitrogen and oxygen atoms in total. The van der Waals surface area contributed by atoms with Gasteiger partial charge in [0, 0.05) is 37.7 Å². The van der Waals surface area contributed by atoms with E-state index in [9.17, 15) is 0 Å². The first-order valence-electron chi connectivity index (χ1n) is 8.10. The van der Waals surface area contributed by atoms with Gasteiger partial charge in [0.1, 0.15) is 5.82 Å². The third kappa shape index (κ3) is 2.63. The monoisotopic (exact) mass is 277 g/mol. The summed E-state index contributed by atoms with van der Waals surface area (Å²) in [7, 11) is 0. The predicted molar refractivity (Wildman–Crippen MR) is 80.0 cm³/mol. The van der Waals surface area contributed by atoms with Gasteiger partial charge in [0.15, 0.2) is 0 Å². The molecule has 0 bridgehead atoms. The molecule has 1 atom stereocenters. The second-order valence-electron chi connectivity index (χ2n) is 6.41. The number of aromatic nitrogens is 2. The Hall–Kier alpha value is -0.870. The molecule has 2 aliphatic rings. The molecule has 20 heavy (non-hydrogen) atoms. The van der Waals surface area contributed by atoms with Crippen LogP contribution in [0.2, 0.25) is 0 Å². The van der Waals surface area contributed by atoms with E-state index in [1.807, 2.05) is 0 Å². The summed E-state index contributed by atoms with van der Waals surface area (Å²) in [6.07, 6.45) is 3.72. The Morgan fingerprint density at radius 1 is 1.40 bits per heavy atom. The molecule has 3 rings (SSSR count). The van der Waals surface area contributed by atoms with Gasteiger partial charge in [-0.3, -0.25) is 0 Å². The summed E-state index contributed by atoms with van der Waals surface area (Å²) in [5.74, 6) is 2.60. The van der Waals surface area contributed by atoms with Crippen LogP contribution in [-0.4, -0.2) is 29.3 Å². The number of ether oxygens (including phenoxy) is 1. The van der Waals surface area contributed by atoms with Gasteiger partial charge in [0.05, 0.1) is 18.3 Å². The fourth-order valence-electron chi connectivity index (χ4n) is 3.16. The number of imidazole rings is 1. The molecular weight excluding hydrogens is 250 g/mol. The number of hydrogen-bond donors (Lipinski definition) is 1. The Labute approximate surface area is 121 Å². The van der Waals surface area contributed by atoms with Gasteiger partial charge in [0.2, 0.25) is 0 Å². The predicted octanol–water partition coefficient (Wildman–Crippen LogP) is 2.64. The van der Waals surface area contributed by atoms with Crippen molar-refractivity contribution in [2.75, 3.05) is 19.8 Å². The van der Waals surface area contributed by atoms with E-state index in [4.69, 9.17) is 9.72 Å². The summed E-state index contributed by atoms with van der Waals surface area (Å²) >= 11 is 0. The Morgan fingerprint density at radius 2 is 2.20 bits per heavy atom. The zero-order valence-electron chi connectivity index (χ0n) is 13.0. The molecule has 4 heteroatoms. The second kappa shape index (κ2) is 5.86. The first kappa shape index (κ1) is 14.1. The maximum atomic E-state index is 5.76. The fraction of sp³-hybridized carbons (Fsp3) is 0.812. The third-order valence-electron chi connectivity index (χ3n) is 4.49. The van der Waals surface area contributed by atoms with Gasteiger partial charge in [-0.25, -0.2) is 4.98 Å². The van der Waals surface area contributed by atoms with Crippen LogP contribution in [-0.2, 0) is 17.7 Å². The Bertz CT molecular complexity index is 463. The molecule has 0 saturated heterocycles. The maximum Gasteiger partial charge on any atom is 0.112 e. The highest BCUT2D eigenvalue weighted by Gasteiger charge is 2.34. The zero-order valence-corrected chi connectivity index (χ0v) is 13.0. The van der Waals surface area contributed by atoms with Crippen LogP contribution >= 0.6 is 0 Å². The lowest BCUT2D eigenvalue weighted by atomic mass is 10.0. The minimum atomic E-state index is 0.430. The summed E-state index contributed by atoms with van der Waals surface area (Å²) in [5, 5.41) is 3.45. The summed E-state index contributed by atoms with van der Waals surface area (Å²) in [6.45, 7) is 10.3. The van der Waals surface area contributed by atoms with Gasteiger partial charge in [-0.2, -0.15) is 0 Å². The number of fused-ring (bicyclic) bond motifs is 1. The fourth-order valence-corrected chi connectivity index (χ4v) is 3.16. The van der Waals surface area contributed by atoms with Gasteiger partial charge < -0.3 is 14.6 Å². The molecule has 1 fully saturated rings. The SMILES string of the molecule is CCOCC(C(C)C)n1c(C2CC2)nc2c1CCNC2. The summed E-state index contributed by atoms with van der Waals surface area (Å²) in [5.41, 5.74) is 2.74. The van der Waals surface area contributed by atoms with Crippen molar-refractivity contribution in [2.24, 2.45) is 5.92 Å². The highest BCUT2D eigenvalue weighted by atomic mass is 16.5. The van der Waals surface area contributed by atoms with E-state index in [-0.39, 0.29) is 0 Å². The van der Waals surface area contributed by atoms with E-state index in [2.05, 4.69) is 30.7 Å². The van der Waals surface area contributed by atoms with Crippen LogP contribution in [0.3, 0.4) is 0 Å². The summed E-state index contributed by atoms with van der Waals surface area (Å²) < 4.78 is 8.31. The van der Waals surface area contributed by atoms with E-state index < -0.39 is 0 Å². The molecule has 0 radical (unpaired) electrons. The van der Waals surface area contributed by atoms with Crippen molar-refractivity contribution in [1.29, 1.82) is 0 Å². The number of hydrogen-bond acceptors (Lipinski definition) is 3. The van der Waals surface area contributed by atoms with E-state index >= 15 is 0 Å². The highest BCUT2D eigenvalue weighted by molar-refractivity contribution is 5.25. The van der Waals surface area contributed by atoms with E-state index in [0.29, 0.717) is 17.9 Å². The number of rotatable bonds is 6. The molecule has 1 aromatic rings. The minimum absolute atomic E-state index is 0.430. The topological polar surface area (TPSA) is 39.1 Å². The smallest absolute Gasteiger partial charge is 0.112 e. The van der Waals surface area contributed by atoms with Crippen molar-refractivity contribution in [1.82, 2.24) is 14.9 Å². The van der Waals surface area contributed by atoms with E-state index in [1.165, 1.54) is 30.1 Å². The minimum Gasteiger partial charge on any atom is -0.380 e. The van der Waals surface area contributed by atoms with Crippen LogP contribution in [0.1, 0.15) is 62.8 Å². The number of nitrogens with zero attached hydrogens (tertiary/aromatic N) is 2. The average Bonchev–Trinajstić information content (AvgIpc) is 3.21. The summed E-state index contributed by atoms with van der Waals surface area (Å²) in [6, 6.07) is 0.430. The van der Waals surface area contributed by atoms with Crippen molar-refractivity contribution < 1.29 is 4.74 Å². The van der Waals surface area contributed by atoms with Gasteiger partial charge in [-0.05, 0) is 25.7 Å². The standard InChI is InChI=1S/C16H27N3O/c1-4-20-10-15(11(2)3)19-14-7-8-17-9-13(14)18-16(19)12-5-6-12/h11-12,15,17H,4-10H2,1-3H3. The molecule has 1 saturated carbocycles. The van der Waals surface area contributed by atoms with Crippen LogP contribution in [0.15, 0.2) is 0 Å². The summed E-state index contributed by atoms with van der Waals surface area (Å²) in [4.78, 5) is 4.97. The molecular formula is C16H27N3O. The van der Waals surface area contributed by atoms with E-state index in [0.717, 1.165) is 32.7 Å². The van der Waals surface area contributed by atoms with Crippen molar-refractivity contribution in [3.05, 3.63) is 17.2 Å². The zero-order chi connectivity index (χ0) is 14.1. The molecule has 1 unspecified atom stereocenters. The van der Waals surface area contributed by atoms with Crippen LogP contribution in [0.5, 0.6) is 0 Å². The first-order chi connectivity index (χ1) is 9.72. The highest BCUT2D eigenvalue weighted by Crippen LogP contribution is 2.42. The van der Waals surface area contributed by atoms with Crippen molar-refractivity contribution in [3.8, 4) is 0 Å². The first-order valence-corrected chi connectivity index (χ1v) is 8.10. The Morgan fingerprint density at radius 3 is 2.85 bits per heavy atom. The van der Waals surface area contributed by atoms with Gasteiger partial charge >= 0.3 is 0 Å². The lowest BCUT2D eigenvalue weighted by Gasteiger charge is -2.27. The molecule has 112 valence electrons. The second-order valence-corrected chi connectivity index (χ2v) is 6.41. The van der Waals surface area contributed by atoms with Crippen LogP contribution in [0.4, 0.5) is 0 Å². The molecule has 2 heterocycles. The van der Waals surface area contributed by atoms with Gasteiger partial charge in [0.25, 0.3) is 0 Å². The molecule has 1 aliphatic heterocycles. The molecule has 0 amide bonds. The van der Waals surface area contributed by atoms with Gasteiger partial charge in [-0.15, -0.1) is 0 Å². The molecule has 0 aromatic carbocycles. The van der Waals surface area contributed by atoms with Gasteiger partial charge in [-0.1, -0.05) is 13.8 Å². The molecule has 1 N–H and O–H groups in total. The lowest BCUT2D eigenvalue weighted by molar-refractivity contribution is 0.0940. The van der Waals surface area contributed by atoms with Crippen LogP contribution < -0.4 is 5.32 Å². The Kier molecular flexibility index (Phi) is 4.13. The quantitative estimate of drug-likeness (QED) is 0.869.